The molecule has 0 fully saturated rings. The van der Waals surface area contributed by atoms with Crippen LogP contribution >= 0.6 is 11.6 Å². The first-order chi connectivity index (χ1) is 12.5. The Morgan fingerprint density at radius 1 is 1.00 bits per heavy atom. The monoisotopic (exact) mass is 386 g/mol. The first kappa shape index (κ1) is 16.6. The molecular weight excluding hydrogens is 376 g/mol. The summed E-state index contributed by atoms with van der Waals surface area (Å²) >= 11 is 5.95. The maximum absolute atomic E-state index is 12.4. The quantitative estimate of drug-likeness (QED) is 0.486. The van der Waals surface area contributed by atoms with Crippen molar-refractivity contribution in [3.8, 4) is 17.3 Å². The van der Waals surface area contributed by atoms with Gasteiger partial charge in [0.2, 0.25) is 5.89 Å². The van der Waals surface area contributed by atoms with Crippen LogP contribution in [0.2, 0.25) is 5.02 Å². The van der Waals surface area contributed by atoms with Crippen LogP contribution in [0, 0.1) is 0 Å². The van der Waals surface area contributed by atoms with Crippen molar-refractivity contribution in [2.45, 2.75) is 4.90 Å². The molecule has 6 nitrogen and oxygen atoms in total. The lowest BCUT2D eigenvalue weighted by molar-refractivity contribution is 0.486. The van der Waals surface area contributed by atoms with Crippen molar-refractivity contribution in [2.24, 2.45) is 0 Å². The second-order valence-corrected chi connectivity index (χ2v) is 7.25. The van der Waals surface area contributed by atoms with E-state index in [4.69, 9.17) is 20.2 Å². The van der Waals surface area contributed by atoms with Crippen LogP contribution in [0.5, 0.6) is 5.75 Å². The van der Waals surface area contributed by atoms with Crippen molar-refractivity contribution in [1.82, 2.24) is 9.97 Å². The second-order valence-electron chi connectivity index (χ2n) is 5.33. The number of rotatable bonds is 4. The zero-order valence-corrected chi connectivity index (χ0v) is 14.7. The van der Waals surface area contributed by atoms with E-state index >= 15 is 0 Å². The summed E-state index contributed by atoms with van der Waals surface area (Å²) in [6.45, 7) is 0. The summed E-state index contributed by atoms with van der Waals surface area (Å²) in [6, 6.07) is 16.0. The summed E-state index contributed by atoms with van der Waals surface area (Å²) in [7, 11) is -4.06. The van der Waals surface area contributed by atoms with Gasteiger partial charge in [0.15, 0.2) is 5.58 Å². The van der Waals surface area contributed by atoms with E-state index < -0.39 is 10.1 Å². The molecule has 0 unspecified atom stereocenters. The minimum absolute atomic E-state index is 0.0886. The molecule has 4 aromatic rings. The Hall–Kier alpha value is -2.90. The summed E-state index contributed by atoms with van der Waals surface area (Å²) in [4.78, 5) is 8.41. The van der Waals surface area contributed by atoms with Gasteiger partial charge in [-0.1, -0.05) is 29.8 Å². The molecule has 0 spiro atoms. The zero-order valence-electron chi connectivity index (χ0n) is 13.2. The first-order valence-electron chi connectivity index (χ1n) is 7.54. The lowest BCUT2D eigenvalue weighted by Gasteiger charge is -2.07. The Bertz CT molecular complexity index is 1190. The van der Waals surface area contributed by atoms with Crippen molar-refractivity contribution in [3.63, 3.8) is 0 Å². The average Bonchev–Trinajstić information content (AvgIpc) is 3.06. The summed E-state index contributed by atoms with van der Waals surface area (Å²) in [5.41, 5.74) is 1.53. The number of fused-ring (bicyclic) bond motifs is 1. The molecule has 0 aliphatic rings. The highest BCUT2D eigenvalue weighted by Crippen LogP contribution is 2.29. The fourth-order valence-electron chi connectivity index (χ4n) is 2.37. The third-order valence-electron chi connectivity index (χ3n) is 3.56. The summed E-state index contributed by atoms with van der Waals surface area (Å²) in [5.74, 6) is 0.438. The van der Waals surface area contributed by atoms with E-state index in [0.717, 1.165) is 0 Å². The van der Waals surface area contributed by atoms with Gasteiger partial charge in [-0.25, -0.2) is 4.98 Å². The minimum Gasteiger partial charge on any atom is -0.435 e. The van der Waals surface area contributed by atoms with Crippen LogP contribution in [0.4, 0.5) is 0 Å². The lowest BCUT2D eigenvalue weighted by Crippen LogP contribution is -2.10. The third kappa shape index (κ3) is 3.14. The number of halogens is 1. The van der Waals surface area contributed by atoms with Gasteiger partial charge in [0.25, 0.3) is 0 Å². The van der Waals surface area contributed by atoms with Crippen molar-refractivity contribution < 1.29 is 17.0 Å². The molecular formula is C18H11ClN2O4S. The molecule has 0 atom stereocenters. The number of hydrogen-bond donors (Lipinski definition) is 0. The molecule has 0 bridgehead atoms. The number of hydrogen-bond acceptors (Lipinski definition) is 6. The molecule has 4 rings (SSSR count). The van der Waals surface area contributed by atoms with E-state index in [-0.39, 0.29) is 15.7 Å². The zero-order chi connectivity index (χ0) is 18.1. The highest BCUT2D eigenvalue weighted by molar-refractivity contribution is 7.87. The van der Waals surface area contributed by atoms with E-state index in [1.165, 1.54) is 24.3 Å². The highest BCUT2D eigenvalue weighted by atomic mass is 35.5. The molecule has 2 aromatic heterocycles. The van der Waals surface area contributed by atoms with Gasteiger partial charge < -0.3 is 8.60 Å². The second kappa shape index (κ2) is 6.44. The molecule has 0 aliphatic heterocycles. The summed E-state index contributed by atoms with van der Waals surface area (Å²) in [5, 5.41) is 0.0886. The van der Waals surface area contributed by atoms with Crippen LogP contribution in [0.15, 0.2) is 76.2 Å². The van der Waals surface area contributed by atoms with Gasteiger partial charge in [-0.3, -0.25) is 4.98 Å². The van der Waals surface area contributed by atoms with Gasteiger partial charge in [0, 0.05) is 12.3 Å². The lowest BCUT2D eigenvalue weighted by atomic mass is 10.3. The third-order valence-corrected chi connectivity index (χ3v) is 5.30. The van der Waals surface area contributed by atoms with Gasteiger partial charge in [0.1, 0.15) is 21.9 Å². The number of nitrogens with zero attached hydrogens (tertiary/aromatic N) is 2. The van der Waals surface area contributed by atoms with E-state index in [9.17, 15) is 8.42 Å². The largest absolute Gasteiger partial charge is 0.435 e. The number of aromatic nitrogens is 2. The van der Waals surface area contributed by atoms with Gasteiger partial charge in [-0.2, -0.15) is 8.42 Å². The number of pyridine rings is 1. The Labute approximate surface area is 154 Å². The molecule has 8 heteroatoms. The predicted octanol–water partition coefficient (Wildman–Crippen LogP) is 4.31. The molecule has 0 radical (unpaired) electrons. The van der Waals surface area contributed by atoms with Gasteiger partial charge in [-0.05, 0) is 36.4 Å². The molecule has 0 N–H and O–H groups in total. The van der Waals surface area contributed by atoms with Gasteiger partial charge in [-0.15, -0.1) is 0 Å². The minimum atomic E-state index is -4.06. The Morgan fingerprint density at radius 3 is 2.58 bits per heavy atom. The normalized spacial score (nSPS) is 11.6. The fraction of sp³-hybridized carbons (Fsp3) is 0. The van der Waals surface area contributed by atoms with E-state index in [0.29, 0.717) is 22.7 Å². The molecule has 0 amide bonds. The summed E-state index contributed by atoms with van der Waals surface area (Å²) in [6.07, 6.45) is 1.63. The molecule has 0 saturated heterocycles. The van der Waals surface area contributed by atoms with Crippen molar-refractivity contribution in [3.05, 3.63) is 71.9 Å². The predicted molar refractivity (Wildman–Crippen MR) is 96.5 cm³/mol. The topological polar surface area (TPSA) is 82.3 Å². The summed E-state index contributed by atoms with van der Waals surface area (Å²) < 4.78 is 35.7. The van der Waals surface area contributed by atoms with E-state index in [2.05, 4.69) is 9.97 Å². The van der Waals surface area contributed by atoms with Crippen LogP contribution in [-0.4, -0.2) is 18.4 Å². The van der Waals surface area contributed by atoms with Crippen LogP contribution in [0.3, 0.4) is 0 Å². The molecule has 2 heterocycles. The Balaban J connectivity index is 1.69. The first-order valence-corrected chi connectivity index (χ1v) is 9.32. The van der Waals surface area contributed by atoms with Crippen LogP contribution in [0.1, 0.15) is 0 Å². The highest BCUT2D eigenvalue weighted by Gasteiger charge is 2.20. The van der Waals surface area contributed by atoms with Crippen molar-refractivity contribution in [1.29, 1.82) is 0 Å². The van der Waals surface area contributed by atoms with E-state index in [1.807, 2.05) is 6.07 Å². The number of oxazole rings is 1. The maximum Gasteiger partial charge on any atom is 0.340 e. The van der Waals surface area contributed by atoms with Crippen LogP contribution in [0.25, 0.3) is 22.7 Å². The number of benzene rings is 2. The molecule has 130 valence electrons. The van der Waals surface area contributed by atoms with Crippen molar-refractivity contribution in [2.75, 3.05) is 0 Å². The van der Waals surface area contributed by atoms with Crippen LogP contribution in [-0.2, 0) is 10.1 Å². The molecule has 0 aliphatic carbocycles. The SMILES string of the molecule is O=S(=O)(Oc1ccc2nc(-c3ccccn3)oc2c1)c1ccccc1Cl. The molecule has 26 heavy (non-hydrogen) atoms. The Kier molecular flexibility index (Phi) is 4.10. The molecule has 0 saturated carbocycles. The average molecular weight is 387 g/mol. The van der Waals surface area contributed by atoms with Crippen molar-refractivity contribution >= 4 is 32.8 Å². The van der Waals surface area contributed by atoms with Crippen LogP contribution < -0.4 is 4.18 Å². The smallest absolute Gasteiger partial charge is 0.340 e. The Morgan fingerprint density at radius 2 is 1.81 bits per heavy atom. The maximum atomic E-state index is 12.4. The standard InChI is InChI=1S/C18H11ClN2O4S/c19-13-5-1-2-7-17(13)26(22,23)25-12-8-9-14-16(11-12)24-18(21-14)15-6-3-4-10-20-15/h1-11H. The molecule has 2 aromatic carbocycles. The van der Waals surface area contributed by atoms with Gasteiger partial charge in [0.05, 0.1) is 5.02 Å². The van der Waals surface area contributed by atoms with Gasteiger partial charge >= 0.3 is 10.1 Å². The van der Waals surface area contributed by atoms with E-state index in [1.54, 1.807) is 36.5 Å². The fourth-order valence-corrected chi connectivity index (χ4v) is 3.79.